The molecule has 2 aliphatic heterocycles. The van der Waals surface area contributed by atoms with E-state index in [1.54, 1.807) is 0 Å². The molecule has 1 saturated carbocycles. The summed E-state index contributed by atoms with van der Waals surface area (Å²) < 4.78 is 0. The lowest BCUT2D eigenvalue weighted by atomic mass is 9.84. The molecule has 0 unspecified atom stereocenters. The van der Waals surface area contributed by atoms with Crippen molar-refractivity contribution in [2.45, 2.75) is 32.6 Å². The summed E-state index contributed by atoms with van der Waals surface area (Å²) in [5.74, 6) is 1.87. The molecule has 2 heterocycles. The smallest absolute Gasteiger partial charge is 0.0172 e. The van der Waals surface area contributed by atoms with E-state index >= 15 is 0 Å². The van der Waals surface area contributed by atoms with Gasteiger partial charge in [-0.15, -0.1) is 12.4 Å². The number of hydrogen-bond donors (Lipinski definition) is 0. The van der Waals surface area contributed by atoms with Gasteiger partial charge in [-0.05, 0) is 61.1 Å². The molecule has 2 bridgehead atoms. The Morgan fingerprint density at radius 1 is 0.846 bits per heavy atom. The van der Waals surface area contributed by atoms with E-state index in [4.69, 9.17) is 0 Å². The number of halogens is 1. The van der Waals surface area contributed by atoms with E-state index in [-0.39, 0.29) is 12.4 Å². The van der Waals surface area contributed by atoms with Crippen molar-refractivity contribution in [2.75, 3.05) is 19.6 Å². The van der Waals surface area contributed by atoms with Crippen molar-refractivity contribution in [1.29, 1.82) is 0 Å². The molecule has 2 aromatic rings. The van der Waals surface area contributed by atoms with E-state index in [0.29, 0.717) is 0 Å². The highest BCUT2D eigenvalue weighted by molar-refractivity contribution is 5.85. The van der Waals surface area contributed by atoms with Crippen LogP contribution < -0.4 is 0 Å². The van der Waals surface area contributed by atoms with Crippen LogP contribution in [0.5, 0.6) is 0 Å². The molecule has 1 aliphatic carbocycles. The molecule has 3 aliphatic rings. The number of fused-ring (bicyclic) bond motifs is 4. The number of rotatable bonds is 4. The molecule has 26 heavy (non-hydrogen) atoms. The Kier molecular flexibility index (Phi) is 6.56. The summed E-state index contributed by atoms with van der Waals surface area (Å²) >= 11 is 0. The third kappa shape index (κ3) is 4.58. The lowest BCUT2D eigenvalue weighted by Crippen LogP contribution is -2.28. The molecule has 3 fully saturated rings. The summed E-state index contributed by atoms with van der Waals surface area (Å²) in [5, 5.41) is 0. The van der Waals surface area contributed by atoms with E-state index < -0.39 is 0 Å². The third-order valence-electron chi connectivity index (χ3n) is 6.00. The maximum absolute atomic E-state index is 2.70. The Labute approximate surface area is 164 Å². The van der Waals surface area contributed by atoms with Gasteiger partial charge in [-0.1, -0.05) is 66.2 Å². The van der Waals surface area contributed by atoms with Crippen molar-refractivity contribution < 1.29 is 0 Å². The quantitative estimate of drug-likeness (QED) is 0.643. The predicted molar refractivity (Wildman–Crippen MR) is 114 cm³/mol. The maximum Gasteiger partial charge on any atom is 0.0172 e. The number of benzene rings is 2. The maximum atomic E-state index is 2.70. The molecule has 2 aromatic carbocycles. The van der Waals surface area contributed by atoms with Gasteiger partial charge < -0.3 is 0 Å². The Morgan fingerprint density at radius 3 is 1.96 bits per heavy atom. The van der Waals surface area contributed by atoms with Gasteiger partial charge in [0.05, 0.1) is 0 Å². The van der Waals surface area contributed by atoms with Crippen LogP contribution in [0.15, 0.2) is 60.7 Å². The highest BCUT2D eigenvalue weighted by Crippen LogP contribution is 2.34. The first-order valence-corrected chi connectivity index (χ1v) is 9.83. The van der Waals surface area contributed by atoms with Crippen LogP contribution in [0, 0.1) is 18.8 Å². The van der Waals surface area contributed by atoms with Crippen LogP contribution in [0.3, 0.4) is 0 Å². The van der Waals surface area contributed by atoms with Crippen molar-refractivity contribution >= 4 is 18.0 Å². The molecule has 0 N–H and O–H groups in total. The standard InChI is InChI=1S/C24H29N.ClH/c1-19-7-13-23(14-8-19)24(22-5-3-2-4-6-22)15-16-25-17-20-9-10-21(18-25)12-11-20;/h2-8,13-15,20-21H,9-12,16-18H2,1H3;1H/b24-15+;. The Bertz CT molecular complexity index is 698. The van der Waals surface area contributed by atoms with Gasteiger partial charge in [0.15, 0.2) is 0 Å². The third-order valence-corrected chi connectivity index (χ3v) is 6.00. The van der Waals surface area contributed by atoms with Gasteiger partial charge in [-0.3, -0.25) is 4.90 Å². The van der Waals surface area contributed by atoms with E-state index in [1.807, 2.05) is 0 Å². The first-order valence-electron chi connectivity index (χ1n) is 9.83. The highest BCUT2D eigenvalue weighted by atomic mass is 35.5. The fourth-order valence-electron chi connectivity index (χ4n) is 4.52. The van der Waals surface area contributed by atoms with Crippen molar-refractivity contribution in [2.24, 2.45) is 11.8 Å². The Morgan fingerprint density at radius 2 is 1.38 bits per heavy atom. The summed E-state index contributed by atoms with van der Waals surface area (Å²) in [6, 6.07) is 19.8. The highest BCUT2D eigenvalue weighted by Gasteiger charge is 2.28. The first kappa shape index (κ1) is 19.2. The molecular weight excluding hydrogens is 338 g/mol. The fourth-order valence-corrected chi connectivity index (χ4v) is 4.52. The van der Waals surface area contributed by atoms with Crippen LogP contribution in [-0.2, 0) is 0 Å². The fraction of sp³-hybridized carbons (Fsp3) is 0.417. The average Bonchev–Trinajstić information content (AvgIpc) is 2.97. The topological polar surface area (TPSA) is 3.24 Å². The molecule has 0 amide bonds. The van der Waals surface area contributed by atoms with Gasteiger partial charge in [0.25, 0.3) is 0 Å². The number of hydrogen-bond acceptors (Lipinski definition) is 1. The second-order valence-corrected chi connectivity index (χ2v) is 7.96. The normalized spacial score (nSPS) is 23.3. The molecule has 2 heteroatoms. The van der Waals surface area contributed by atoms with Crippen molar-refractivity contribution in [3.63, 3.8) is 0 Å². The molecule has 0 radical (unpaired) electrons. The number of nitrogens with zero attached hydrogens (tertiary/aromatic N) is 1. The van der Waals surface area contributed by atoms with Crippen molar-refractivity contribution in [3.05, 3.63) is 77.4 Å². The minimum atomic E-state index is 0. The predicted octanol–water partition coefficient (Wildman–Crippen LogP) is 5.97. The van der Waals surface area contributed by atoms with Gasteiger partial charge in [-0.2, -0.15) is 0 Å². The Hall–Kier alpha value is -1.57. The van der Waals surface area contributed by atoms with Crippen LogP contribution in [0.1, 0.15) is 42.4 Å². The molecule has 0 spiro atoms. The van der Waals surface area contributed by atoms with Crippen molar-refractivity contribution in [3.8, 4) is 0 Å². The zero-order chi connectivity index (χ0) is 17.1. The molecule has 2 saturated heterocycles. The summed E-state index contributed by atoms with van der Waals surface area (Å²) in [6.07, 6.45) is 8.27. The van der Waals surface area contributed by atoms with E-state index in [0.717, 1.165) is 18.4 Å². The minimum Gasteiger partial charge on any atom is -0.299 e. The lowest BCUT2D eigenvalue weighted by Gasteiger charge is -2.21. The van der Waals surface area contributed by atoms with Crippen LogP contribution >= 0.6 is 12.4 Å². The Balaban J connectivity index is 0.00000196. The van der Waals surface area contributed by atoms with E-state index in [9.17, 15) is 0 Å². The van der Waals surface area contributed by atoms with Crippen LogP contribution in [0.4, 0.5) is 0 Å². The molecule has 1 nitrogen and oxygen atoms in total. The summed E-state index contributed by atoms with van der Waals surface area (Å²) in [5.41, 5.74) is 5.34. The zero-order valence-electron chi connectivity index (χ0n) is 15.7. The van der Waals surface area contributed by atoms with Gasteiger partial charge in [0, 0.05) is 19.6 Å². The summed E-state index contributed by atoms with van der Waals surface area (Å²) in [4.78, 5) is 2.70. The largest absolute Gasteiger partial charge is 0.299 e. The second kappa shape index (κ2) is 8.88. The molecule has 0 atom stereocenters. The monoisotopic (exact) mass is 367 g/mol. The SMILES string of the molecule is Cc1ccc(/C(=C/CN2CC3CCC(CC3)C2)c2ccccc2)cc1.Cl. The van der Waals surface area contributed by atoms with E-state index in [1.165, 1.54) is 61.0 Å². The molecular formula is C24H30ClN. The molecule has 138 valence electrons. The minimum absolute atomic E-state index is 0. The van der Waals surface area contributed by atoms with Gasteiger partial charge in [-0.25, -0.2) is 0 Å². The van der Waals surface area contributed by atoms with E-state index in [2.05, 4.69) is 72.5 Å². The lowest BCUT2D eigenvalue weighted by molar-refractivity contribution is 0.279. The van der Waals surface area contributed by atoms with Gasteiger partial charge in [0.1, 0.15) is 0 Å². The number of aryl methyl sites for hydroxylation is 1. The average molecular weight is 368 g/mol. The van der Waals surface area contributed by atoms with Crippen LogP contribution in [0.25, 0.3) is 5.57 Å². The summed E-state index contributed by atoms with van der Waals surface area (Å²) in [7, 11) is 0. The zero-order valence-corrected chi connectivity index (χ0v) is 16.5. The van der Waals surface area contributed by atoms with Gasteiger partial charge >= 0.3 is 0 Å². The van der Waals surface area contributed by atoms with Crippen molar-refractivity contribution in [1.82, 2.24) is 4.90 Å². The molecule has 5 rings (SSSR count). The van der Waals surface area contributed by atoms with Crippen LogP contribution in [-0.4, -0.2) is 24.5 Å². The summed E-state index contributed by atoms with van der Waals surface area (Å²) in [6.45, 7) is 5.82. The molecule has 0 aromatic heterocycles. The second-order valence-electron chi connectivity index (χ2n) is 7.96. The van der Waals surface area contributed by atoms with Gasteiger partial charge in [0.2, 0.25) is 0 Å². The first-order chi connectivity index (χ1) is 12.3. The van der Waals surface area contributed by atoms with Crippen LogP contribution in [0.2, 0.25) is 0 Å².